The SMILES string of the molecule is CC(=O)O.CC(=O)O.CC(=O)O.CCON(CC)CC.[Na].[Na].[Na]. The van der Waals surface area contributed by atoms with Crippen molar-refractivity contribution in [3.8, 4) is 0 Å². The summed E-state index contributed by atoms with van der Waals surface area (Å²) in [6.07, 6.45) is 0. The second kappa shape index (κ2) is 38.7. The molecular formula is C12H27NNa3O7. The smallest absolute Gasteiger partial charge is 0.300 e. The molecule has 0 saturated carbocycles. The summed E-state index contributed by atoms with van der Waals surface area (Å²) in [5, 5.41) is 24.2. The molecule has 0 heterocycles. The maximum Gasteiger partial charge on any atom is 0.300 e. The van der Waals surface area contributed by atoms with Gasteiger partial charge in [-0.15, -0.1) is 0 Å². The van der Waals surface area contributed by atoms with Crippen LogP contribution in [0.2, 0.25) is 0 Å². The number of carboxylic acid groups (broad SMARTS) is 3. The molecule has 125 valence electrons. The van der Waals surface area contributed by atoms with E-state index < -0.39 is 17.9 Å². The van der Waals surface area contributed by atoms with E-state index >= 15 is 0 Å². The third kappa shape index (κ3) is 153. The topological polar surface area (TPSA) is 124 Å². The van der Waals surface area contributed by atoms with Crippen molar-refractivity contribution in [1.82, 2.24) is 5.06 Å². The van der Waals surface area contributed by atoms with E-state index in [4.69, 9.17) is 34.5 Å². The van der Waals surface area contributed by atoms with Crippen LogP contribution in [0.15, 0.2) is 0 Å². The number of hydrogen-bond donors (Lipinski definition) is 3. The van der Waals surface area contributed by atoms with E-state index in [1.807, 2.05) is 12.0 Å². The first-order valence-electron chi connectivity index (χ1n) is 6.01. The van der Waals surface area contributed by atoms with Gasteiger partial charge in [-0.3, -0.25) is 19.2 Å². The Kier molecular flexibility index (Phi) is 74.3. The van der Waals surface area contributed by atoms with Crippen LogP contribution >= 0.6 is 0 Å². The van der Waals surface area contributed by atoms with Gasteiger partial charge in [0, 0.05) is 123 Å². The van der Waals surface area contributed by atoms with Crippen molar-refractivity contribution in [1.29, 1.82) is 0 Å². The van der Waals surface area contributed by atoms with Crippen LogP contribution in [0.1, 0.15) is 41.5 Å². The number of carboxylic acids is 3. The van der Waals surface area contributed by atoms with Gasteiger partial charge in [-0.1, -0.05) is 13.8 Å². The first kappa shape index (κ1) is 44.1. The Morgan fingerprint density at radius 3 is 0.957 bits per heavy atom. The summed E-state index contributed by atoms with van der Waals surface area (Å²) in [7, 11) is 0. The van der Waals surface area contributed by atoms with Gasteiger partial charge < -0.3 is 15.3 Å². The summed E-state index contributed by atoms with van der Waals surface area (Å²) in [5.74, 6) is -2.50. The molecule has 0 spiro atoms. The zero-order valence-corrected chi connectivity index (χ0v) is 22.0. The molecular weight excluding hydrogens is 339 g/mol. The summed E-state index contributed by atoms with van der Waals surface area (Å²) in [6.45, 7) is 12.1. The summed E-state index contributed by atoms with van der Waals surface area (Å²) < 4.78 is 0. The van der Waals surface area contributed by atoms with E-state index in [2.05, 4.69) is 13.8 Å². The van der Waals surface area contributed by atoms with E-state index in [1.54, 1.807) is 0 Å². The van der Waals surface area contributed by atoms with Crippen molar-refractivity contribution >= 4 is 107 Å². The molecule has 0 fully saturated rings. The molecule has 0 aliphatic heterocycles. The average molecular weight is 366 g/mol. The monoisotopic (exact) mass is 366 g/mol. The standard InChI is InChI=1S/C6H15NO.3C2H4O2.3Na/c1-4-7(5-2)8-6-3;3*1-2(3)4;;;/h4-6H2,1-3H3;3*1H3,(H,3,4);;;. The molecule has 0 amide bonds. The van der Waals surface area contributed by atoms with Gasteiger partial charge in [0.1, 0.15) is 0 Å². The minimum Gasteiger partial charge on any atom is -0.481 e. The van der Waals surface area contributed by atoms with Gasteiger partial charge in [-0.25, -0.2) is 0 Å². The summed E-state index contributed by atoms with van der Waals surface area (Å²) in [4.78, 5) is 32.2. The van der Waals surface area contributed by atoms with Crippen LogP contribution in [0.3, 0.4) is 0 Å². The molecule has 3 N–H and O–H groups in total. The zero-order valence-electron chi connectivity index (χ0n) is 16.0. The first-order chi connectivity index (χ1) is 9.04. The third-order valence-electron chi connectivity index (χ3n) is 1.02. The Labute approximate surface area is 205 Å². The van der Waals surface area contributed by atoms with Gasteiger partial charge in [0.15, 0.2) is 0 Å². The summed E-state index contributed by atoms with van der Waals surface area (Å²) >= 11 is 0. The molecule has 0 aromatic heterocycles. The summed E-state index contributed by atoms with van der Waals surface area (Å²) in [6, 6.07) is 0. The summed E-state index contributed by atoms with van der Waals surface area (Å²) in [5.41, 5.74) is 0. The van der Waals surface area contributed by atoms with Crippen molar-refractivity contribution in [2.75, 3.05) is 19.7 Å². The van der Waals surface area contributed by atoms with Crippen LogP contribution < -0.4 is 0 Å². The number of nitrogens with zero attached hydrogens (tertiary/aromatic N) is 1. The Morgan fingerprint density at radius 2 is 0.913 bits per heavy atom. The molecule has 0 unspecified atom stereocenters. The van der Waals surface area contributed by atoms with Crippen LogP contribution in [-0.2, 0) is 19.2 Å². The van der Waals surface area contributed by atoms with Gasteiger partial charge in [-0.2, -0.15) is 5.06 Å². The minimum atomic E-state index is -0.833. The second-order valence-electron chi connectivity index (χ2n) is 3.09. The van der Waals surface area contributed by atoms with Crippen molar-refractivity contribution in [2.45, 2.75) is 41.5 Å². The van der Waals surface area contributed by atoms with Gasteiger partial charge in [0.25, 0.3) is 17.9 Å². The van der Waals surface area contributed by atoms with E-state index in [0.717, 1.165) is 40.5 Å². The molecule has 0 bridgehead atoms. The quantitative estimate of drug-likeness (QED) is 0.483. The second-order valence-corrected chi connectivity index (χ2v) is 3.09. The molecule has 11 heteroatoms. The number of rotatable bonds is 4. The minimum absolute atomic E-state index is 0. The van der Waals surface area contributed by atoms with Crippen molar-refractivity contribution < 1.29 is 34.5 Å². The Hall–Kier alpha value is 1.33. The van der Waals surface area contributed by atoms with Crippen LogP contribution in [0, 0.1) is 0 Å². The van der Waals surface area contributed by atoms with E-state index in [1.165, 1.54) is 0 Å². The Morgan fingerprint density at radius 1 is 0.739 bits per heavy atom. The van der Waals surface area contributed by atoms with Crippen LogP contribution in [-0.4, -0.2) is 147 Å². The molecule has 23 heavy (non-hydrogen) atoms. The first-order valence-corrected chi connectivity index (χ1v) is 6.01. The largest absolute Gasteiger partial charge is 0.481 e. The molecule has 0 atom stereocenters. The van der Waals surface area contributed by atoms with E-state index in [9.17, 15) is 0 Å². The number of hydrogen-bond acceptors (Lipinski definition) is 5. The molecule has 0 rings (SSSR count). The predicted octanol–water partition coefficient (Wildman–Crippen LogP) is 0.410. The van der Waals surface area contributed by atoms with Crippen LogP contribution in [0.4, 0.5) is 0 Å². The molecule has 0 aliphatic rings. The van der Waals surface area contributed by atoms with Crippen molar-refractivity contribution in [3.05, 3.63) is 0 Å². The molecule has 3 radical (unpaired) electrons. The van der Waals surface area contributed by atoms with E-state index in [-0.39, 0.29) is 88.7 Å². The average Bonchev–Trinajstić information content (AvgIpc) is 2.23. The van der Waals surface area contributed by atoms with Gasteiger partial charge in [-0.05, 0) is 6.92 Å². The maximum atomic E-state index is 9.00. The fourth-order valence-electron chi connectivity index (χ4n) is 0.589. The predicted molar refractivity (Wildman–Crippen MR) is 91.7 cm³/mol. The van der Waals surface area contributed by atoms with Crippen LogP contribution in [0.5, 0.6) is 0 Å². The van der Waals surface area contributed by atoms with Gasteiger partial charge in [0.05, 0.1) is 6.61 Å². The van der Waals surface area contributed by atoms with Gasteiger partial charge >= 0.3 is 0 Å². The fraction of sp³-hybridized carbons (Fsp3) is 0.750. The fourth-order valence-corrected chi connectivity index (χ4v) is 0.589. The third-order valence-corrected chi connectivity index (χ3v) is 1.02. The Bertz CT molecular complexity index is 212. The molecule has 8 nitrogen and oxygen atoms in total. The molecule has 0 saturated heterocycles. The number of hydroxylamine groups is 2. The number of carbonyl (C=O) groups is 3. The van der Waals surface area contributed by atoms with Crippen molar-refractivity contribution in [2.24, 2.45) is 0 Å². The zero-order chi connectivity index (χ0) is 17.1. The van der Waals surface area contributed by atoms with E-state index in [0.29, 0.717) is 0 Å². The molecule has 0 aromatic carbocycles. The number of aliphatic carboxylic acids is 3. The van der Waals surface area contributed by atoms with Crippen molar-refractivity contribution in [3.63, 3.8) is 0 Å². The molecule has 0 aliphatic carbocycles. The maximum absolute atomic E-state index is 9.00. The van der Waals surface area contributed by atoms with Crippen LogP contribution in [0.25, 0.3) is 0 Å². The van der Waals surface area contributed by atoms with Gasteiger partial charge in [0.2, 0.25) is 0 Å². The normalized spacial score (nSPS) is 6.91. The molecule has 0 aromatic rings. The Balaban J connectivity index is -0.0000000301.